The van der Waals surface area contributed by atoms with Crippen LogP contribution in [-0.4, -0.2) is 25.1 Å². The van der Waals surface area contributed by atoms with Crippen LogP contribution in [0.1, 0.15) is 78.6 Å². The molecule has 0 radical (unpaired) electrons. The second kappa shape index (κ2) is 10.9. The molecule has 126 valence electrons. The molecule has 0 atom stereocenters. The van der Waals surface area contributed by atoms with Gasteiger partial charge in [0.25, 0.3) is 0 Å². The van der Waals surface area contributed by atoms with Gasteiger partial charge in [0.1, 0.15) is 0 Å². The molecule has 2 heteroatoms. The molecule has 1 rings (SSSR count). The summed E-state index contributed by atoms with van der Waals surface area (Å²) in [5, 5.41) is 3.77. The van der Waals surface area contributed by atoms with Gasteiger partial charge in [-0.2, -0.15) is 11.8 Å². The van der Waals surface area contributed by atoms with E-state index in [1.807, 2.05) is 11.8 Å². The lowest BCUT2D eigenvalue weighted by Crippen LogP contribution is -2.39. The first-order chi connectivity index (χ1) is 10.1. The Morgan fingerprint density at radius 1 is 1.19 bits per heavy atom. The van der Waals surface area contributed by atoms with E-state index >= 15 is 0 Å². The van der Waals surface area contributed by atoms with Gasteiger partial charge in [-0.15, -0.1) is 0 Å². The first kappa shape index (κ1) is 19.4. The molecule has 1 N–H and O–H groups in total. The molecule has 0 amide bonds. The average Bonchev–Trinajstić information content (AvgIpc) is 2.47. The van der Waals surface area contributed by atoms with Crippen LogP contribution in [0.4, 0.5) is 0 Å². The summed E-state index contributed by atoms with van der Waals surface area (Å²) < 4.78 is 0. The van der Waals surface area contributed by atoms with Gasteiger partial charge >= 0.3 is 0 Å². The highest BCUT2D eigenvalue weighted by molar-refractivity contribution is 7.98. The van der Waals surface area contributed by atoms with Crippen LogP contribution < -0.4 is 5.32 Å². The summed E-state index contributed by atoms with van der Waals surface area (Å²) in [5.74, 6) is 3.14. The summed E-state index contributed by atoms with van der Waals surface area (Å²) in [6.07, 6.45) is 15.3. The van der Waals surface area contributed by atoms with Crippen molar-refractivity contribution in [3.8, 4) is 0 Å². The predicted molar refractivity (Wildman–Crippen MR) is 99.2 cm³/mol. The molecule has 1 saturated carbocycles. The molecular formula is C19H39NS. The third-order valence-electron chi connectivity index (χ3n) is 5.24. The van der Waals surface area contributed by atoms with Gasteiger partial charge in [0.2, 0.25) is 0 Å². The molecule has 0 spiro atoms. The van der Waals surface area contributed by atoms with Gasteiger partial charge in [0, 0.05) is 6.54 Å². The molecule has 0 aromatic carbocycles. The third-order valence-corrected chi connectivity index (χ3v) is 5.94. The SMILES string of the molecule is CCCCC1CCC(CCCSC)(CNCC(C)C)CC1. The van der Waals surface area contributed by atoms with E-state index < -0.39 is 0 Å². The zero-order valence-electron chi connectivity index (χ0n) is 15.0. The maximum absolute atomic E-state index is 3.77. The largest absolute Gasteiger partial charge is 0.316 e. The van der Waals surface area contributed by atoms with Gasteiger partial charge in [0.15, 0.2) is 0 Å². The van der Waals surface area contributed by atoms with E-state index in [2.05, 4.69) is 32.3 Å². The molecule has 0 aliphatic heterocycles. The van der Waals surface area contributed by atoms with E-state index in [-0.39, 0.29) is 0 Å². The molecule has 1 aliphatic carbocycles. The van der Waals surface area contributed by atoms with Crippen LogP contribution >= 0.6 is 11.8 Å². The van der Waals surface area contributed by atoms with Crippen molar-refractivity contribution in [2.75, 3.05) is 25.1 Å². The van der Waals surface area contributed by atoms with Crippen molar-refractivity contribution >= 4 is 11.8 Å². The fourth-order valence-electron chi connectivity index (χ4n) is 3.80. The molecule has 0 heterocycles. The van der Waals surface area contributed by atoms with Crippen LogP contribution in [0.25, 0.3) is 0 Å². The Bertz CT molecular complexity index is 244. The van der Waals surface area contributed by atoms with Crippen LogP contribution in [0.2, 0.25) is 0 Å². The highest BCUT2D eigenvalue weighted by Gasteiger charge is 2.34. The number of hydrogen-bond acceptors (Lipinski definition) is 2. The van der Waals surface area contributed by atoms with Crippen molar-refractivity contribution in [2.24, 2.45) is 17.3 Å². The molecule has 0 aromatic heterocycles. The van der Waals surface area contributed by atoms with Crippen molar-refractivity contribution < 1.29 is 0 Å². The van der Waals surface area contributed by atoms with Gasteiger partial charge in [-0.05, 0) is 74.3 Å². The Morgan fingerprint density at radius 2 is 1.90 bits per heavy atom. The average molecular weight is 314 g/mol. The molecule has 0 aromatic rings. The first-order valence-electron chi connectivity index (χ1n) is 9.31. The monoisotopic (exact) mass is 313 g/mol. The lowest BCUT2D eigenvalue weighted by molar-refractivity contribution is 0.126. The summed E-state index contributed by atoms with van der Waals surface area (Å²) >= 11 is 2.01. The molecular weight excluding hydrogens is 274 g/mol. The number of unbranched alkanes of at least 4 members (excludes halogenated alkanes) is 1. The van der Waals surface area contributed by atoms with Gasteiger partial charge in [-0.3, -0.25) is 0 Å². The Balaban J connectivity index is 2.42. The number of hydrogen-bond donors (Lipinski definition) is 1. The molecule has 1 fully saturated rings. The van der Waals surface area contributed by atoms with Crippen LogP contribution in [0, 0.1) is 17.3 Å². The molecule has 1 nitrogen and oxygen atoms in total. The highest BCUT2D eigenvalue weighted by Crippen LogP contribution is 2.43. The smallest absolute Gasteiger partial charge is 0.000793 e. The minimum atomic E-state index is 0.618. The molecule has 0 bridgehead atoms. The number of rotatable bonds is 11. The maximum Gasteiger partial charge on any atom is 0.000793 e. The summed E-state index contributed by atoms with van der Waals surface area (Å²) in [6, 6.07) is 0. The van der Waals surface area contributed by atoms with Crippen molar-refractivity contribution in [1.82, 2.24) is 5.32 Å². The second-order valence-electron chi connectivity index (χ2n) is 7.71. The molecule has 21 heavy (non-hydrogen) atoms. The minimum absolute atomic E-state index is 0.618. The molecule has 1 aliphatic rings. The molecule has 0 unspecified atom stereocenters. The lowest BCUT2D eigenvalue weighted by atomic mass is 9.67. The van der Waals surface area contributed by atoms with Gasteiger partial charge in [-0.1, -0.05) is 40.0 Å². The predicted octanol–water partition coefficient (Wildman–Crippen LogP) is 5.74. The van der Waals surface area contributed by atoms with Gasteiger partial charge in [0.05, 0.1) is 0 Å². The highest BCUT2D eigenvalue weighted by atomic mass is 32.2. The Hall–Kier alpha value is 0.310. The lowest BCUT2D eigenvalue weighted by Gasteiger charge is -2.41. The summed E-state index contributed by atoms with van der Waals surface area (Å²) in [7, 11) is 0. The van der Waals surface area contributed by atoms with E-state index in [0.29, 0.717) is 5.41 Å². The number of thioether (sulfide) groups is 1. The zero-order chi connectivity index (χ0) is 15.6. The van der Waals surface area contributed by atoms with Gasteiger partial charge < -0.3 is 5.32 Å². The van der Waals surface area contributed by atoms with E-state index in [9.17, 15) is 0 Å². The Morgan fingerprint density at radius 3 is 2.48 bits per heavy atom. The van der Waals surface area contributed by atoms with E-state index in [1.165, 1.54) is 76.6 Å². The van der Waals surface area contributed by atoms with Crippen LogP contribution in [0.3, 0.4) is 0 Å². The van der Waals surface area contributed by atoms with Crippen molar-refractivity contribution in [2.45, 2.75) is 78.6 Å². The van der Waals surface area contributed by atoms with Crippen LogP contribution in [-0.2, 0) is 0 Å². The number of nitrogens with one attached hydrogen (secondary N) is 1. The van der Waals surface area contributed by atoms with E-state index in [0.717, 1.165) is 11.8 Å². The van der Waals surface area contributed by atoms with E-state index in [4.69, 9.17) is 0 Å². The summed E-state index contributed by atoms with van der Waals surface area (Å²) in [6.45, 7) is 9.40. The quantitative estimate of drug-likeness (QED) is 0.488. The van der Waals surface area contributed by atoms with E-state index in [1.54, 1.807) is 0 Å². The normalized spacial score (nSPS) is 26.4. The van der Waals surface area contributed by atoms with Crippen LogP contribution in [0.15, 0.2) is 0 Å². The topological polar surface area (TPSA) is 12.0 Å². The summed E-state index contributed by atoms with van der Waals surface area (Å²) in [5.41, 5.74) is 0.618. The molecule has 0 saturated heterocycles. The van der Waals surface area contributed by atoms with Gasteiger partial charge in [-0.25, -0.2) is 0 Å². The zero-order valence-corrected chi connectivity index (χ0v) is 15.9. The fraction of sp³-hybridized carbons (Fsp3) is 1.00. The summed E-state index contributed by atoms with van der Waals surface area (Å²) in [4.78, 5) is 0. The minimum Gasteiger partial charge on any atom is -0.316 e. The maximum atomic E-state index is 3.77. The van der Waals surface area contributed by atoms with Crippen LogP contribution in [0.5, 0.6) is 0 Å². The van der Waals surface area contributed by atoms with Crippen molar-refractivity contribution in [1.29, 1.82) is 0 Å². The third kappa shape index (κ3) is 7.93. The van der Waals surface area contributed by atoms with Crippen molar-refractivity contribution in [3.05, 3.63) is 0 Å². The standard InChI is InChI=1S/C19H39NS/c1-5-6-8-18-9-12-19(13-10-18,11-7-14-21-4)16-20-15-17(2)3/h17-18,20H,5-16H2,1-4H3. The first-order valence-corrected chi connectivity index (χ1v) is 10.7. The Labute approximate surface area is 138 Å². The second-order valence-corrected chi connectivity index (χ2v) is 8.69. The fourth-order valence-corrected chi connectivity index (χ4v) is 4.24. The van der Waals surface area contributed by atoms with Crippen molar-refractivity contribution in [3.63, 3.8) is 0 Å². The Kier molecular flexibility index (Phi) is 10.1.